The van der Waals surface area contributed by atoms with Gasteiger partial charge in [0, 0.05) is 6.61 Å². The highest BCUT2D eigenvalue weighted by atomic mass is 16.7. The molecule has 2 rings (SSSR count). The maximum Gasteiger partial charge on any atom is 0.157 e. The molecule has 0 amide bonds. The van der Waals surface area contributed by atoms with Crippen LogP contribution in [0.3, 0.4) is 0 Å². The zero-order chi connectivity index (χ0) is 21.7. The van der Waals surface area contributed by atoms with Gasteiger partial charge in [-0.25, -0.2) is 0 Å². The van der Waals surface area contributed by atoms with Crippen molar-refractivity contribution >= 4 is 0 Å². The third kappa shape index (κ3) is 16.0. The molecule has 0 spiro atoms. The summed E-state index contributed by atoms with van der Waals surface area (Å²) in [5.41, 5.74) is 0. The molecule has 1 atom stereocenters. The molecule has 0 bridgehead atoms. The van der Waals surface area contributed by atoms with Crippen molar-refractivity contribution in [3.63, 3.8) is 0 Å². The number of rotatable bonds is 20. The summed E-state index contributed by atoms with van der Waals surface area (Å²) in [6.45, 7) is 9.78. The zero-order valence-electron chi connectivity index (χ0n) is 19.1. The zero-order valence-corrected chi connectivity index (χ0v) is 19.1. The summed E-state index contributed by atoms with van der Waals surface area (Å²) >= 11 is 0. The minimum Gasteiger partial charge on any atom is -0.377 e. The third-order valence-corrected chi connectivity index (χ3v) is 5.02. The fraction of sp³-hybridized carbons (Fsp3) is 1.00. The highest BCUT2D eigenvalue weighted by Crippen LogP contribution is 2.13. The number of ether oxygens (including phenoxy) is 8. The van der Waals surface area contributed by atoms with Gasteiger partial charge in [0.05, 0.1) is 85.4 Å². The fourth-order valence-corrected chi connectivity index (χ4v) is 3.30. The van der Waals surface area contributed by atoms with Crippen LogP contribution in [0.5, 0.6) is 0 Å². The van der Waals surface area contributed by atoms with Crippen molar-refractivity contribution < 1.29 is 37.9 Å². The molecule has 0 aromatic carbocycles. The molecule has 1 unspecified atom stereocenters. The van der Waals surface area contributed by atoms with Gasteiger partial charge in [-0.05, 0) is 45.2 Å². The summed E-state index contributed by atoms with van der Waals surface area (Å²) in [7, 11) is 0. The normalized spacial score (nSPS) is 20.3. The molecule has 2 aliphatic heterocycles. The molecule has 0 aromatic rings. The van der Waals surface area contributed by atoms with E-state index in [-0.39, 0.29) is 6.29 Å². The summed E-state index contributed by atoms with van der Waals surface area (Å²) < 4.78 is 44.3. The van der Waals surface area contributed by atoms with Crippen molar-refractivity contribution in [3.05, 3.63) is 0 Å². The predicted molar refractivity (Wildman–Crippen MR) is 115 cm³/mol. The summed E-state index contributed by atoms with van der Waals surface area (Å²) in [4.78, 5) is 0. The Morgan fingerprint density at radius 2 is 1.03 bits per heavy atom. The predicted octanol–water partition coefficient (Wildman–Crippen LogP) is 1.38. The molecule has 2 saturated heterocycles. The molecule has 184 valence electrons. The highest BCUT2D eigenvalue weighted by molar-refractivity contribution is 4.67. The molecule has 0 aliphatic carbocycles. The van der Waals surface area contributed by atoms with Gasteiger partial charge in [-0.2, -0.15) is 0 Å². The summed E-state index contributed by atoms with van der Waals surface area (Å²) in [5, 5.41) is 3.33. The SMILES string of the molecule is C1CCC(OCCOCCOCCOCCOCCOCCOC2CCNCC2)OC1. The van der Waals surface area contributed by atoms with Crippen molar-refractivity contribution in [2.24, 2.45) is 0 Å². The Kier molecular flexibility index (Phi) is 17.6. The van der Waals surface area contributed by atoms with Crippen LogP contribution in [0, 0.1) is 0 Å². The maximum absolute atomic E-state index is 5.77. The first-order chi connectivity index (χ1) is 15.4. The van der Waals surface area contributed by atoms with Gasteiger partial charge in [-0.15, -0.1) is 0 Å². The average Bonchev–Trinajstić information content (AvgIpc) is 2.82. The van der Waals surface area contributed by atoms with Crippen molar-refractivity contribution in [3.8, 4) is 0 Å². The molecule has 2 heterocycles. The molecule has 9 heteroatoms. The van der Waals surface area contributed by atoms with Gasteiger partial charge in [0.2, 0.25) is 0 Å². The van der Waals surface area contributed by atoms with Crippen molar-refractivity contribution in [1.29, 1.82) is 0 Å². The Labute approximate surface area is 187 Å². The van der Waals surface area contributed by atoms with E-state index in [1.54, 1.807) is 0 Å². The molecule has 2 fully saturated rings. The first kappa shape index (κ1) is 26.9. The van der Waals surface area contributed by atoms with E-state index in [1.165, 1.54) is 6.42 Å². The molecule has 0 aromatic heterocycles. The Morgan fingerprint density at radius 1 is 0.548 bits per heavy atom. The van der Waals surface area contributed by atoms with Crippen molar-refractivity contribution in [2.75, 3.05) is 99.0 Å². The monoisotopic (exact) mass is 449 g/mol. The largest absolute Gasteiger partial charge is 0.377 e. The van der Waals surface area contributed by atoms with Gasteiger partial charge in [-0.1, -0.05) is 0 Å². The summed E-state index contributed by atoms with van der Waals surface area (Å²) in [6, 6.07) is 0. The number of piperidine rings is 1. The molecule has 0 saturated carbocycles. The second-order valence-corrected chi connectivity index (χ2v) is 7.55. The van der Waals surface area contributed by atoms with Crippen LogP contribution in [0.4, 0.5) is 0 Å². The Morgan fingerprint density at radius 3 is 1.52 bits per heavy atom. The maximum atomic E-state index is 5.77. The minimum absolute atomic E-state index is 0.0501. The lowest BCUT2D eigenvalue weighted by Crippen LogP contribution is -2.33. The molecule has 31 heavy (non-hydrogen) atoms. The molecule has 9 nitrogen and oxygen atoms in total. The van der Waals surface area contributed by atoms with E-state index in [2.05, 4.69) is 5.32 Å². The lowest BCUT2D eigenvalue weighted by molar-refractivity contribution is -0.169. The number of hydrogen-bond donors (Lipinski definition) is 1. The average molecular weight is 450 g/mol. The van der Waals surface area contributed by atoms with Gasteiger partial charge < -0.3 is 43.2 Å². The summed E-state index contributed by atoms with van der Waals surface area (Å²) in [5.74, 6) is 0. The minimum atomic E-state index is -0.0501. The first-order valence-corrected chi connectivity index (χ1v) is 11.9. The van der Waals surface area contributed by atoms with Gasteiger partial charge >= 0.3 is 0 Å². The second kappa shape index (κ2) is 20.3. The quantitative estimate of drug-likeness (QED) is 0.277. The lowest BCUT2D eigenvalue weighted by Gasteiger charge is -2.22. The third-order valence-electron chi connectivity index (χ3n) is 5.02. The van der Waals surface area contributed by atoms with E-state index in [0.717, 1.165) is 45.4 Å². The van der Waals surface area contributed by atoms with Crippen LogP contribution in [0.2, 0.25) is 0 Å². The Balaban J connectivity index is 1.18. The second-order valence-electron chi connectivity index (χ2n) is 7.55. The lowest BCUT2D eigenvalue weighted by atomic mass is 10.1. The molecular weight excluding hydrogens is 406 g/mol. The number of hydrogen-bond acceptors (Lipinski definition) is 9. The smallest absolute Gasteiger partial charge is 0.157 e. The molecule has 1 N–H and O–H groups in total. The van der Waals surface area contributed by atoms with Crippen molar-refractivity contribution in [2.45, 2.75) is 44.5 Å². The first-order valence-electron chi connectivity index (χ1n) is 11.9. The Hall–Kier alpha value is -0.360. The topological polar surface area (TPSA) is 85.9 Å². The van der Waals surface area contributed by atoms with E-state index < -0.39 is 0 Å². The van der Waals surface area contributed by atoms with Gasteiger partial charge in [0.1, 0.15) is 0 Å². The van der Waals surface area contributed by atoms with Crippen LogP contribution in [0.15, 0.2) is 0 Å². The van der Waals surface area contributed by atoms with E-state index in [0.29, 0.717) is 85.4 Å². The number of nitrogens with one attached hydrogen (secondary N) is 1. The Bertz CT molecular complexity index is 345. The van der Waals surface area contributed by atoms with Crippen molar-refractivity contribution in [1.82, 2.24) is 5.32 Å². The van der Waals surface area contributed by atoms with Crippen LogP contribution < -0.4 is 5.32 Å². The van der Waals surface area contributed by atoms with Gasteiger partial charge in [0.25, 0.3) is 0 Å². The van der Waals surface area contributed by atoms with E-state index >= 15 is 0 Å². The fourth-order valence-electron chi connectivity index (χ4n) is 3.30. The van der Waals surface area contributed by atoms with Crippen LogP contribution in [0.1, 0.15) is 32.1 Å². The summed E-state index contributed by atoms with van der Waals surface area (Å²) in [6.07, 6.45) is 5.81. The van der Waals surface area contributed by atoms with Gasteiger partial charge in [-0.3, -0.25) is 0 Å². The standard InChI is InChI=1S/C22H43NO8/c1-2-8-30-22(3-1)31-20-18-28-16-14-26-12-10-24-9-11-25-13-15-27-17-19-29-21-4-6-23-7-5-21/h21-23H,1-20H2. The molecular formula is C22H43NO8. The van der Waals surface area contributed by atoms with Crippen LogP contribution in [-0.4, -0.2) is 111 Å². The van der Waals surface area contributed by atoms with Gasteiger partial charge in [0.15, 0.2) is 6.29 Å². The van der Waals surface area contributed by atoms with Crippen LogP contribution >= 0.6 is 0 Å². The van der Waals surface area contributed by atoms with E-state index in [4.69, 9.17) is 37.9 Å². The highest BCUT2D eigenvalue weighted by Gasteiger charge is 2.13. The van der Waals surface area contributed by atoms with E-state index in [1.807, 2.05) is 0 Å². The van der Waals surface area contributed by atoms with Crippen LogP contribution in [-0.2, 0) is 37.9 Å². The molecule has 2 aliphatic rings. The molecule has 0 radical (unpaired) electrons. The van der Waals surface area contributed by atoms with Crippen LogP contribution in [0.25, 0.3) is 0 Å². The van der Waals surface area contributed by atoms with E-state index in [9.17, 15) is 0 Å².